The predicted octanol–water partition coefficient (Wildman–Crippen LogP) is 5.22. The Labute approximate surface area is 258 Å². The van der Waals surface area contributed by atoms with Crippen LogP contribution in [0.2, 0.25) is 5.02 Å². The third-order valence-corrected chi connectivity index (χ3v) is 10.1. The van der Waals surface area contributed by atoms with Crippen molar-refractivity contribution < 1.29 is 18.6 Å². The highest BCUT2D eigenvalue weighted by Crippen LogP contribution is 2.43. The number of nitrogens with zero attached hydrogens (tertiary/aromatic N) is 5. The van der Waals surface area contributed by atoms with Crippen molar-refractivity contribution in [2.75, 3.05) is 37.7 Å². The Kier molecular flexibility index (Phi) is 6.56. The zero-order valence-corrected chi connectivity index (χ0v) is 24.7. The maximum absolute atomic E-state index is 16.9. The number of alkyl halides is 1. The van der Waals surface area contributed by atoms with E-state index in [0.29, 0.717) is 58.6 Å². The second-order valence-corrected chi connectivity index (χ2v) is 13.0. The number of anilines is 1. The van der Waals surface area contributed by atoms with Crippen LogP contribution in [0.15, 0.2) is 30.3 Å². The first-order valence-corrected chi connectivity index (χ1v) is 15.5. The van der Waals surface area contributed by atoms with E-state index < -0.39 is 17.5 Å². The molecule has 0 amide bonds. The minimum Gasteiger partial charge on any atom is -0.508 e. The molecule has 11 heteroatoms. The number of pyridine rings is 1. The summed E-state index contributed by atoms with van der Waals surface area (Å²) in [6.45, 7) is 2.77. The van der Waals surface area contributed by atoms with Crippen LogP contribution in [-0.2, 0) is 0 Å². The van der Waals surface area contributed by atoms with Gasteiger partial charge >= 0.3 is 6.01 Å². The van der Waals surface area contributed by atoms with E-state index in [1.165, 1.54) is 6.07 Å². The largest absolute Gasteiger partial charge is 0.508 e. The summed E-state index contributed by atoms with van der Waals surface area (Å²) in [5.41, 5.74) is -0.0383. The lowest BCUT2D eigenvalue weighted by Gasteiger charge is -2.34. The molecule has 6 heterocycles. The fourth-order valence-corrected chi connectivity index (χ4v) is 8.17. The quantitative estimate of drug-likeness (QED) is 0.295. The summed E-state index contributed by atoms with van der Waals surface area (Å²) < 4.78 is 37.6. The molecule has 8 nitrogen and oxygen atoms in total. The van der Waals surface area contributed by atoms with Crippen molar-refractivity contribution in [2.45, 2.75) is 55.9 Å². The van der Waals surface area contributed by atoms with Crippen molar-refractivity contribution in [3.8, 4) is 35.4 Å². The molecule has 0 aliphatic carbocycles. The molecule has 2 aromatic heterocycles. The number of halogens is 3. The lowest BCUT2D eigenvalue weighted by molar-refractivity contribution is 0.107. The van der Waals surface area contributed by atoms with Crippen LogP contribution in [0.25, 0.3) is 32.9 Å². The molecule has 2 aromatic carbocycles. The number of fused-ring (bicyclic) bond motifs is 5. The standard InChI is InChI=1S/C33H31ClF2N6O2/c1-2-25-27-30(28(36)29(38-25)23-12-22(43)11-18-5-3-6-24(34)26(18)23)39-32(40-31(27)41-15-20-7-8-21(16-41)37-20)44-17-33-9-4-10-42(33)14-19(35)13-33/h1,3,5-6,11-12,19-21,37,43H,4,7-10,13-17H2/t19-,20?,21?,33+/m1/s1. The number of piperazine rings is 1. The number of aromatic nitrogens is 3. The number of hydrogen-bond acceptors (Lipinski definition) is 8. The van der Waals surface area contributed by atoms with E-state index >= 15 is 4.39 Å². The third-order valence-electron chi connectivity index (χ3n) is 9.80. The van der Waals surface area contributed by atoms with Gasteiger partial charge in [0.2, 0.25) is 0 Å². The summed E-state index contributed by atoms with van der Waals surface area (Å²) in [4.78, 5) is 18.3. The van der Waals surface area contributed by atoms with Gasteiger partial charge in [-0.1, -0.05) is 23.7 Å². The summed E-state index contributed by atoms with van der Waals surface area (Å²) in [7, 11) is 0. The highest BCUT2D eigenvalue weighted by atomic mass is 35.5. The molecular formula is C33H31ClF2N6O2. The molecule has 2 N–H and O–H groups in total. The molecule has 44 heavy (non-hydrogen) atoms. The van der Waals surface area contributed by atoms with Crippen LogP contribution >= 0.6 is 11.6 Å². The molecule has 0 radical (unpaired) electrons. The number of hydrogen-bond donors (Lipinski definition) is 2. The molecule has 4 fully saturated rings. The van der Waals surface area contributed by atoms with Crippen LogP contribution in [0.3, 0.4) is 0 Å². The molecule has 0 saturated carbocycles. The fraction of sp³-hybridized carbons (Fsp3) is 0.424. The Balaban J connectivity index is 1.31. The molecule has 2 unspecified atom stereocenters. The van der Waals surface area contributed by atoms with Crippen LogP contribution in [-0.4, -0.2) is 81.5 Å². The number of terminal acetylenes is 1. The monoisotopic (exact) mass is 616 g/mol. The topological polar surface area (TPSA) is 86.6 Å². The summed E-state index contributed by atoms with van der Waals surface area (Å²) in [6.07, 6.45) is 9.40. The van der Waals surface area contributed by atoms with Crippen molar-refractivity contribution in [2.24, 2.45) is 0 Å². The van der Waals surface area contributed by atoms with Crippen LogP contribution in [0.1, 0.15) is 37.8 Å². The van der Waals surface area contributed by atoms with Crippen molar-refractivity contribution in [3.63, 3.8) is 0 Å². The Morgan fingerprint density at radius 3 is 2.75 bits per heavy atom. The molecule has 2 bridgehead atoms. The van der Waals surface area contributed by atoms with Crippen molar-refractivity contribution in [1.82, 2.24) is 25.2 Å². The molecule has 0 spiro atoms. The SMILES string of the molecule is C#Cc1nc(-c2cc(O)cc3cccc(Cl)c23)c(F)c2nc(OC[C@@]34CCCN3C[C@H](F)C4)nc(N3CC4CCC(C3)N4)c12. The van der Waals surface area contributed by atoms with Crippen LogP contribution in [0, 0.1) is 18.2 Å². The second kappa shape index (κ2) is 10.4. The van der Waals surface area contributed by atoms with E-state index in [2.05, 4.69) is 31.0 Å². The lowest BCUT2D eigenvalue weighted by atomic mass is 9.95. The van der Waals surface area contributed by atoms with Crippen molar-refractivity contribution in [3.05, 3.63) is 46.9 Å². The molecule has 4 aliphatic rings. The van der Waals surface area contributed by atoms with E-state index in [1.54, 1.807) is 24.3 Å². The van der Waals surface area contributed by atoms with Gasteiger partial charge < -0.3 is 20.1 Å². The van der Waals surface area contributed by atoms with Gasteiger partial charge in [0.15, 0.2) is 5.82 Å². The van der Waals surface area contributed by atoms with Gasteiger partial charge in [0.25, 0.3) is 0 Å². The first-order valence-electron chi connectivity index (χ1n) is 15.1. The average molecular weight is 617 g/mol. The smallest absolute Gasteiger partial charge is 0.319 e. The number of phenolic OH excluding ortho intramolecular Hbond substituents is 1. The zero-order valence-electron chi connectivity index (χ0n) is 24.0. The normalized spacial score (nSPS) is 26.4. The summed E-state index contributed by atoms with van der Waals surface area (Å²) in [5.74, 6) is 2.34. The lowest BCUT2D eigenvalue weighted by Crippen LogP contribution is -2.51. The third kappa shape index (κ3) is 4.44. The van der Waals surface area contributed by atoms with E-state index in [9.17, 15) is 9.50 Å². The highest BCUT2D eigenvalue weighted by molar-refractivity contribution is 6.36. The van der Waals surface area contributed by atoms with Gasteiger partial charge in [-0.15, -0.1) is 6.42 Å². The number of ether oxygens (including phenoxy) is 1. The minimum atomic E-state index is -0.906. The number of benzene rings is 2. The summed E-state index contributed by atoms with van der Waals surface area (Å²) in [6, 6.07) is 8.81. The van der Waals surface area contributed by atoms with Crippen LogP contribution < -0.4 is 15.0 Å². The molecule has 4 saturated heterocycles. The van der Waals surface area contributed by atoms with E-state index in [0.717, 1.165) is 32.2 Å². The van der Waals surface area contributed by atoms with Crippen LogP contribution in [0.5, 0.6) is 11.8 Å². The number of aromatic hydroxyl groups is 1. The second-order valence-electron chi connectivity index (χ2n) is 12.6. The molecule has 226 valence electrons. The van der Waals surface area contributed by atoms with Crippen molar-refractivity contribution >= 4 is 39.1 Å². The first-order chi connectivity index (χ1) is 21.3. The number of phenols is 1. The fourth-order valence-electron chi connectivity index (χ4n) is 7.88. The number of rotatable bonds is 5. The number of nitrogens with one attached hydrogen (secondary N) is 1. The summed E-state index contributed by atoms with van der Waals surface area (Å²) in [5, 5.41) is 16.1. The molecule has 4 aromatic rings. The van der Waals surface area contributed by atoms with Gasteiger partial charge in [0, 0.05) is 54.1 Å². The van der Waals surface area contributed by atoms with Gasteiger partial charge in [0.05, 0.1) is 10.9 Å². The van der Waals surface area contributed by atoms with Gasteiger partial charge in [-0.25, -0.2) is 13.8 Å². The Morgan fingerprint density at radius 2 is 1.95 bits per heavy atom. The Hall–Kier alpha value is -3.78. The zero-order chi connectivity index (χ0) is 30.2. The maximum Gasteiger partial charge on any atom is 0.319 e. The van der Waals surface area contributed by atoms with Crippen molar-refractivity contribution in [1.29, 1.82) is 0 Å². The van der Waals surface area contributed by atoms with E-state index in [4.69, 9.17) is 27.7 Å². The van der Waals surface area contributed by atoms with Gasteiger partial charge in [-0.05, 0) is 61.7 Å². The average Bonchev–Trinajstić information content (AvgIpc) is 3.66. The van der Waals surface area contributed by atoms with E-state index in [1.807, 2.05) is 0 Å². The molecular weight excluding hydrogens is 586 g/mol. The van der Waals surface area contributed by atoms with E-state index in [-0.39, 0.29) is 47.4 Å². The minimum absolute atomic E-state index is 0.0136. The molecule has 4 aliphatic heterocycles. The Bertz CT molecular complexity index is 1850. The summed E-state index contributed by atoms with van der Waals surface area (Å²) >= 11 is 6.59. The molecule has 4 atom stereocenters. The first kappa shape index (κ1) is 27.7. The predicted molar refractivity (Wildman–Crippen MR) is 166 cm³/mol. The Morgan fingerprint density at radius 1 is 1.14 bits per heavy atom. The van der Waals surface area contributed by atoms with Gasteiger partial charge in [0.1, 0.15) is 41.3 Å². The maximum atomic E-state index is 16.9. The molecule has 8 rings (SSSR count). The van der Waals surface area contributed by atoms with Gasteiger partial charge in [-0.2, -0.15) is 9.97 Å². The van der Waals surface area contributed by atoms with Gasteiger partial charge in [-0.3, -0.25) is 4.90 Å². The highest BCUT2D eigenvalue weighted by Gasteiger charge is 2.49. The van der Waals surface area contributed by atoms with Crippen LogP contribution in [0.4, 0.5) is 14.6 Å².